The molecule has 1 aromatic rings. The van der Waals surface area contributed by atoms with Crippen LogP contribution in [-0.2, 0) is 0 Å². The van der Waals surface area contributed by atoms with Crippen LogP contribution in [0.25, 0.3) is 0 Å². The van der Waals surface area contributed by atoms with Gasteiger partial charge in [0.05, 0.1) is 15.9 Å². The number of nitrogens with zero attached hydrogens (tertiary/aromatic N) is 3. The lowest BCUT2D eigenvalue weighted by Gasteiger charge is -1.99. The molecule has 0 aliphatic rings. The van der Waals surface area contributed by atoms with Crippen molar-refractivity contribution >= 4 is 33.9 Å². The molecule has 0 unspecified atom stereocenters. The molecule has 1 N–H and O–H groups in total. The number of Topliss-reactive ketones (excluding diaryl/α,β-unsaturated/α-hetero) is 1. The Balaban J connectivity index is 3.41. The molecule has 0 radical (unpaired) electrons. The van der Waals surface area contributed by atoms with Crippen molar-refractivity contribution in [2.24, 2.45) is 5.16 Å². The summed E-state index contributed by atoms with van der Waals surface area (Å²) in [5.74, 6) is -1.06. The van der Waals surface area contributed by atoms with Gasteiger partial charge in [-0.1, -0.05) is 16.8 Å². The van der Waals surface area contributed by atoms with Crippen LogP contribution >= 0.6 is 11.6 Å². The molecule has 0 saturated heterocycles. The maximum Gasteiger partial charge on any atom is 0.277 e. The molecule has 1 aromatic carbocycles. The highest BCUT2D eigenvalue weighted by atomic mass is 35.5. The van der Waals surface area contributed by atoms with Crippen molar-refractivity contribution in [3.05, 3.63) is 44.0 Å². The van der Waals surface area contributed by atoms with Gasteiger partial charge in [-0.25, -0.2) is 0 Å². The van der Waals surface area contributed by atoms with E-state index in [-0.39, 0.29) is 0 Å². The first kappa shape index (κ1) is 13.5. The Morgan fingerprint density at radius 1 is 1.17 bits per heavy atom. The summed E-state index contributed by atoms with van der Waals surface area (Å²) >= 11 is 5.22. The molecule has 9 nitrogen and oxygen atoms in total. The number of halogens is 1. The molecule has 0 spiro atoms. The number of carbonyl (C=O) groups is 1. The Labute approximate surface area is 104 Å². The van der Waals surface area contributed by atoms with E-state index in [9.17, 15) is 25.0 Å². The van der Waals surface area contributed by atoms with Crippen molar-refractivity contribution < 1.29 is 19.8 Å². The first-order valence-corrected chi connectivity index (χ1v) is 4.60. The van der Waals surface area contributed by atoms with E-state index in [1.54, 1.807) is 0 Å². The summed E-state index contributed by atoms with van der Waals surface area (Å²) < 4.78 is 0. The zero-order valence-electron chi connectivity index (χ0n) is 8.44. The van der Waals surface area contributed by atoms with Gasteiger partial charge < -0.3 is 5.21 Å². The molecule has 0 bridgehead atoms. The van der Waals surface area contributed by atoms with E-state index >= 15 is 0 Å². The van der Waals surface area contributed by atoms with Crippen LogP contribution in [0, 0.1) is 20.2 Å². The Morgan fingerprint density at radius 2 is 1.61 bits per heavy atom. The Hall–Kier alpha value is -2.55. The summed E-state index contributed by atoms with van der Waals surface area (Å²) in [6, 6.07) is 2.28. The van der Waals surface area contributed by atoms with E-state index in [4.69, 9.17) is 16.8 Å². The van der Waals surface area contributed by atoms with Crippen molar-refractivity contribution in [2.45, 2.75) is 0 Å². The summed E-state index contributed by atoms with van der Waals surface area (Å²) in [7, 11) is 0. The van der Waals surface area contributed by atoms with E-state index in [0.29, 0.717) is 6.07 Å². The highest BCUT2D eigenvalue weighted by Gasteiger charge is 2.22. The van der Waals surface area contributed by atoms with Crippen molar-refractivity contribution in [2.75, 3.05) is 0 Å². The normalized spacial score (nSPS) is 11.1. The lowest BCUT2D eigenvalue weighted by molar-refractivity contribution is -0.394. The van der Waals surface area contributed by atoms with Crippen molar-refractivity contribution in [3.63, 3.8) is 0 Å². The Morgan fingerprint density at radius 3 is 1.94 bits per heavy atom. The van der Waals surface area contributed by atoms with Crippen LogP contribution in [0.3, 0.4) is 0 Å². The fourth-order valence-corrected chi connectivity index (χ4v) is 1.21. The third-order valence-electron chi connectivity index (χ3n) is 1.86. The third kappa shape index (κ3) is 2.77. The van der Waals surface area contributed by atoms with E-state index in [2.05, 4.69) is 5.16 Å². The topological polar surface area (TPSA) is 136 Å². The summed E-state index contributed by atoms with van der Waals surface area (Å²) in [6.45, 7) is 0. The van der Waals surface area contributed by atoms with Crippen LogP contribution in [0.15, 0.2) is 23.4 Å². The number of nitro groups is 2. The first-order chi connectivity index (χ1) is 8.36. The van der Waals surface area contributed by atoms with Crippen molar-refractivity contribution in [1.82, 2.24) is 0 Å². The number of benzene rings is 1. The molecule has 0 saturated carbocycles. The minimum absolute atomic E-state index is 0.418. The zero-order valence-corrected chi connectivity index (χ0v) is 9.20. The lowest BCUT2D eigenvalue weighted by Crippen LogP contribution is -2.09. The molecule has 18 heavy (non-hydrogen) atoms. The van der Waals surface area contributed by atoms with Gasteiger partial charge in [0, 0.05) is 17.7 Å². The second-order valence-electron chi connectivity index (χ2n) is 2.97. The molecule has 0 aromatic heterocycles. The number of hydrogen-bond acceptors (Lipinski definition) is 7. The molecule has 1 rings (SSSR count). The number of ketones is 1. The highest BCUT2D eigenvalue weighted by molar-refractivity contribution is 6.84. The maximum absolute atomic E-state index is 11.5. The standard InChI is InChI=1S/C8H4ClN3O6/c9-8(10-14)7(13)4-1-5(11(15)16)3-6(2-4)12(17)18/h1-3,14H. The minimum Gasteiger partial charge on any atom is -0.410 e. The third-order valence-corrected chi connectivity index (χ3v) is 2.11. The first-order valence-electron chi connectivity index (χ1n) is 4.23. The Bertz CT molecular complexity index is 538. The van der Waals surface area contributed by atoms with Crippen LogP contribution in [0.4, 0.5) is 11.4 Å². The molecule has 0 heterocycles. The fraction of sp³-hybridized carbons (Fsp3) is 0. The summed E-state index contributed by atoms with van der Waals surface area (Å²) in [6.07, 6.45) is 0. The monoisotopic (exact) mass is 273 g/mol. The Kier molecular flexibility index (Phi) is 3.89. The van der Waals surface area contributed by atoms with E-state index in [1.165, 1.54) is 0 Å². The zero-order chi connectivity index (χ0) is 13.9. The molecule has 10 heteroatoms. The number of hydrogen-bond donors (Lipinski definition) is 1. The van der Waals surface area contributed by atoms with Gasteiger partial charge in [-0.3, -0.25) is 25.0 Å². The van der Waals surface area contributed by atoms with Gasteiger partial charge in [0.25, 0.3) is 11.4 Å². The van der Waals surface area contributed by atoms with Gasteiger partial charge in [-0.05, 0) is 0 Å². The molecule has 0 amide bonds. The number of rotatable bonds is 4. The molecule has 0 fully saturated rings. The largest absolute Gasteiger partial charge is 0.410 e. The van der Waals surface area contributed by atoms with Gasteiger partial charge in [-0.15, -0.1) is 0 Å². The predicted octanol–water partition coefficient (Wildman–Crippen LogP) is 1.71. The predicted molar refractivity (Wildman–Crippen MR) is 59.2 cm³/mol. The number of nitro benzene ring substituents is 2. The van der Waals surface area contributed by atoms with Gasteiger partial charge in [0.2, 0.25) is 11.0 Å². The summed E-state index contributed by atoms with van der Waals surface area (Å²) in [5, 5.41) is 30.9. The van der Waals surface area contributed by atoms with Crippen LogP contribution in [-0.4, -0.2) is 26.0 Å². The average Bonchev–Trinajstić information content (AvgIpc) is 2.36. The van der Waals surface area contributed by atoms with Crippen LogP contribution in [0.5, 0.6) is 0 Å². The van der Waals surface area contributed by atoms with Gasteiger partial charge in [0.1, 0.15) is 0 Å². The van der Waals surface area contributed by atoms with Crippen molar-refractivity contribution in [1.29, 1.82) is 0 Å². The van der Waals surface area contributed by atoms with E-state index in [0.717, 1.165) is 12.1 Å². The highest BCUT2D eigenvalue weighted by Crippen LogP contribution is 2.23. The quantitative estimate of drug-likeness (QED) is 0.291. The number of carbonyl (C=O) groups excluding carboxylic acids is 1. The molecule has 0 aliphatic carbocycles. The minimum atomic E-state index is -1.06. The van der Waals surface area contributed by atoms with Crippen LogP contribution in [0.2, 0.25) is 0 Å². The van der Waals surface area contributed by atoms with Crippen LogP contribution < -0.4 is 0 Å². The molecule has 0 aliphatic heterocycles. The molecule has 0 atom stereocenters. The fourth-order valence-electron chi connectivity index (χ4n) is 1.10. The van der Waals surface area contributed by atoms with E-state index in [1.807, 2.05) is 0 Å². The molecular weight excluding hydrogens is 270 g/mol. The van der Waals surface area contributed by atoms with Crippen molar-refractivity contribution in [3.8, 4) is 0 Å². The van der Waals surface area contributed by atoms with Gasteiger partial charge in [-0.2, -0.15) is 0 Å². The second-order valence-corrected chi connectivity index (χ2v) is 3.33. The van der Waals surface area contributed by atoms with E-state index < -0.39 is 37.7 Å². The maximum atomic E-state index is 11.5. The smallest absolute Gasteiger partial charge is 0.277 e. The number of non-ortho nitro benzene ring substituents is 2. The molecular formula is C8H4ClN3O6. The average molecular weight is 274 g/mol. The van der Waals surface area contributed by atoms with Gasteiger partial charge >= 0.3 is 0 Å². The molecule has 94 valence electrons. The van der Waals surface area contributed by atoms with Crippen LogP contribution in [0.1, 0.15) is 10.4 Å². The lowest BCUT2D eigenvalue weighted by atomic mass is 10.1. The summed E-state index contributed by atoms with van der Waals surface area (Å²) in [4.78, 5) is 30.8. The second kappa shape index (κ2) is 5.19. The summed E-state index contributed by atoms with van der Waals surface area (Å²) in [5.41, 5.74) is -1.70. The number of oxime groups is 1. The SMILES string of the molecule is O=C(C(Cl)=NO)c1cc([N+](=O)[O-])cc([N+](=O)[O-])c1. The van der Waals surface area contributed by atoms with Gasteiger partial charge in [0.15, 0.2) is 0 Å².